The van der Waals surface area contributed by atoms with Gasteiger partial charge in [0.05, 0.1) is 12.6 Å². The van der Waals surface area contributed by atoms with E-state index >= 15 is 0 Å². The molecule has 1 heterocycles. The van der Waals surface area contributed by atoms with Gasteiger partial charge in [0.2, 0.25) is 5.91 Å². The minimum absolute atomic E-state index is 0.00563. The number of carbonyl (C=O) groups excluding carboxylic acids is 1. The number of piperazine rings is 1. The molecule has 1 unspecified atom stereocenters. The molecule has 5 heteroatoms. The molecule has 1 amide bonds. The molecule has 3 N–H and O–H groups in total. The normalized spacial score (nSPS) is 20.3. The summed E-state index contributed by atoms with van der Waals surface area (Å²) in [6.45, 7) is 3.54. The molecule has 1 aromatic carbocycles. The third-order valence-electron chi connectivity index (χ3n) is 2.94. The van der Waals surface area contributed by atoms with E-state index in [0.29, 0.717) is 18.1 Å². The second-order valence-corrected chi connectivity index (χ2v) is 4.75. The molecule has 0 saturated carbocycles. The number of rotatable bonds is 2. The summed E-state index contributed by atoms with van der Waals surface area (Å²) in [5.74, 6) is 0.00563. The van der Waals surface area contributed by atoms with Crippen LogP contribution in [0.25, 0.3) is 0 Å². The first-order valence-electron chi connectivity index (χ1n) is 5.60. The maximum absolute atomic E-state index is 11.6. The molecule has 0 aliphatic carbocycles. The van der Waals surface area contributed by atoms with Gasteiger partial charge in [0, 0.05) is 23.8 Å². The van der Waals surface area contributed by atoms with Crippen molar-refractivity contribution in [3.05, 3.63) is 28.8 Å². The first kappa shape index (κ1) is 12.2. The molecule has 1 aliphatic heterocycles. The van der Waals surface area contributed by atoms with E-state index in [1.807, 2.05) is 30.0 Å². The van der Waals surface area contributed by atoms with Crippen molar-refractivity contribution in [1.82, 2.24) is 5.32 Å². The zero-order valence-corrected chi connectivity index (χ0v) is 10.5. The summed E-state index contributed by atoms with van der Waals surface area (Å²) >= 11 is 5.99. The fraction of sp³-hybridized carbons (Fsp3) is 0.417. The van der Waals surface area contributed by atoms with Crippen LogP contribution in [0.2, 0.25) is 5.02 Å². The van der Waals surface area contributed by atoms with Crippen LogP contribution in [0.15, 0.2) is 18.2 Å². The number of anilines is 1. The number of hydrogen-bond acceptors (Lipinski definition) is 3. The number of amides is 1. The van der Waals surface area contributed by atoms with E-state index in [0.717, 1.165) is 17.8 Å². The van der Waals surface area contributed by atoms with Gasteiger partial charge in [0.1, 0.15) is 0 Å². The van der Waals surface area contributed by atoms with Crippen molar-refractivity contribution in [3.8, 4) is 0 Å². The Morgan fingerprint density at radius 1 is 1.59 bits per heavy atom. The molecule has 1 aliphatic rings. The molecule has 1 aromatic rings. The van der Waals surface area contributed by atoms with E-state index in [2.05, 4.69) is 5.32 Å². The van der Waals surface area contributed by atoms with Gasteiger partial charge in [-0.25, -0.2) is 0 Å². The van der Waals surface area contributed by atoms with Crippen LogP contribution in [0.1, 0.15) is 5.56 Å². The molecular weight excluding hydrogens is 238 g/mol. The zero-order valence-electron chi connectivity index (χ0n) is 9.74. The number of benzene rings is 1. The van der Waals surface area contributed by atoms with Gasteiger partial charge in [-0.2, -0.15) is 0 Å². The average molecular weight is 254 g/mol. The van der Waals surface area contributed by atoms with Crippen LogP contribution in [0, 0.1) is 6.92 Å². The van der Waals surface area contributed by atoms with Gasteiger partial charge in [0.25, 0.3) is 0 Å². The predicted molar refractivity (Wildman–Crippen MR) is 69.4 cm³/mol. The highest BCUT2D eigenvalue weighted by Gasteiger charge is 2.24. The van der Waals surface area contributed by atoms with Crippen LogP contribution in [0.3, 0.4) is 0 Å². The lowest BCUT2D eigenvalue weighted by Gasteiger charge is -2.34. The lowest BCUT2D eigenvalue weighted by Crippen LogP contribution is -2.57. The Labute approximate surface area is 106 Å². The van der Waals surface area contributed by atoms with Gasteiger partial charge >= 0.3 is 0 Å². The molecule has 1 saturated heterocycles. The molecule has 4 nitrogen and oxygen atoms in total. The Hall–Kier alpha value is -1.26. The quantitative estimate of drug-likeness (QED) is 0.824. The van der Waals surface area contributed by atoms with Gasteiger partial charge in [-0.15, -0.1) is 0 Å². The van der Waals surface area contributed by atoms with Gasteiger partial charge in [-0.05, 0) is 24.6 Å². The number of aryl methyl sites for hydroxylation is 1. The van der Waals surface area contributed by atoms with Crippen LogP contribution >= 0.6 is 11.6 Å². The van der Waals surface area contributed by atoms with Crippen molar-refractivity contribution in [3.63, 3.8) is 0 Å². The summed E-state index contributed by atoms with van der Waals surface area (Å²) in [6, 6.07) is 5.71. The molecule has 92 valence electrons. The monoisotopic (exact) mass is 253 g/mol. The average Bonchev–Trinajstić information content (AvgIpc) is 2.31. The summed E-state index contributed by atoms with van der Waals surface area (Å²) in [5.41, 5.74) is 7.72. The maximum Gasteiger partial charge on any atom is 0.239 e. The highest BCUT2D eigenvalue weighted by Crippen LogP contribution is 2.25. The van der Waals surface area contributed by atoms with Crippen molar-refractivity contribution >= 4 is 23.2 Å². The number of hydrogen-bond donors (Lipinski definition) is 2. The summed E-state index contributed by atoms with van der Waals surface area (Å²) < 4.78 is 0. The van der Waals surface area contributed by atoms with Crippen molar-refractivity contribution < 1.29 is 4.79 Å². The highest BCUT2D eigenvalue weighted by molar-refractivity contribution is 6.30. The first-order valence-corrected chi connectivity index (χ1v) is 5.98. The van der Waals surface area contributed by atoms with Gasteiger partial charge in [0.15, 0.2) is 0 Å². The standard InChI is InChI=1S/C12H16ClN3O/c1-8-2-3-9(13)4-11(8)16-6-10(5-14)15-12(17)7-16/h2-4,10H,5-7,14H2,1H3,(H,15,17). The fourth-order valence-corrected chi connectivity index (χ4v) is 2.23. The van der Waals surface area contributed by atoms with E-state index in [1.165, 1.54) is 0 Å². The number of carbonyl (C=O) groups is 1. The summed E-state index contributed by atoms with van der Waals surface area (Å²) in [5, 5.41) is 3.54. The van der Waals surface area contributed by atoms with E-state index in [4.69, 9.17) is 17.3 Å². The van der Waals surface area contributed by atoms with E-state index in [9.17, 15) is 4.79 Å². The number of halogens is 1. The van der Waals surface area contributed by atoms with Crippen LogP contribution in [-0.2, 0) is 4.79 Å². The largest absolute Gasteiger partial charge is 0.360 e. The molecule has 17 heavy (non-hydrogen) atoms. The number of nitrogens with two attached hydrogens (primary N) is 1. The van der Waals surface area contributed by atoms with Gasteiger partial charge < -0.3 is 16.0 Å². The van der Waals surface area contributed by atoms with E-state index in [1.54, 1.807) is 0 Å². The zero-order chi connectivity index (χ0) is 12.4. The summed E-state index contributed by atoms with van der Waals surface area (Å²) in [4.78, 5) is 13.6. The molecule has 0 spiro atoms. The molecule has 0 aromatic heterocycles. The maximum atomic E-state index is 11.6. The van der Waals surface area contributed by atoms with Crippen molar-refractivity contribution in [2.45, 2.75) is 13.0 Å². The van der Waals surface area contributed by atoms with Crippen LogP contribution in [0.5, 0.6) is 0 Å². The molecular formula is C12H16ClN3O. The lowest BCUT2D eigenvalue weighted by molar-refractivity contribution is -0.121. The minimum atomic E-state index is 0.00563. The van der Waals surface area contributed by atoms with Gasteiger partial charge in [-0.1, -0.05) is 17.7 Å². The number of nitrogens with one attached hydrogen (secondary N) is 1. The summed E-state index contributed by atoms with van der Waals surface area (Å²) in [6.07, 6.45) is 0. The van der Waals surface area contributed by atoms with Crippen molar-refractivity contribution in [2.24, 2.45) is 5.73 Å². The third kappa shape index (κ3) is 2.70. The molecule has 2 rings (SSSR count). The van der Waals surface area contributed by atoms with E-state index in [-0.39, 0.29) is 11.9 Å². The molecule has 1 atom stereocenters. The van der Waals surface area contributed by atoms with Gasteiger partial charge in [-0.3, -0.25) is 4.79 Å². The molecule has 1 fully saturated rings. The van der Waals surface area contributed by atoms with Crippen molar-refractivity contribution in [2.75, 3.05) is 24.5 Å². The first-order chi connectivity index (χ1) is 8.10. The molecule has 0 radical (unpaired) electrons. The SMILES string of the molecule is Cc1ccc(Cl)cc1N1CC(=O)NC(CN)C1. The topological polar surface area (TPSA) is 58.4 Å². The van der Waals surface area contributed by atoms with Crippen LogP contribution in [-0.4, -0.2) is 31.6 Å². The van der Waals surface area contributed by atoms with Crippen LogP contribution < -0.4 is 16.0 Å². The second kappa shape index (κ2) is 4.94. The Morgan fingerprint density at radius 3 is 3.06 bits per heavy atom. The minimum Gasteiger partial charge on any atom is -0.360 e. The second-order valence-electron chi connectivity index (χ2n) is 4.31. The Balaban J connectivity index is 2.26. The smallest absolute Gasteiger partial charge is 0.239 e. The Morgan fingerprint density at radius 2 is 2.35 bits per heavy atom. The van der Waals surface area contributed by atoms with Crippen LogP contribution in [0.4, 0.5) is 5.69 Å². The Bertz CT molecular complexity index is 436. The number of nitrogens with zero attached hydrogens (tertiary/aromatic N) is 1. The van der Waals surface area contributed by atoms with E-state index < -0.39 is 0 Å². The Kier molecular flexibility index (Phi) is 3.54. The summed E-state index contributed by atoms with van der Waals surface area (Å²) in [7, 11) is 0. The fourth-order valence-electron chi connectivity index (χ4n) is 2.06. The molecule has 0 bridgehead atoms. The third-order valence-corrected chi connectivity index (χ3v) is 3.17. The predicted octanol–water partition coefficient (Wildman–Crippen LogP) is 0.912. The highest BCUT2D eigenvalue weighted by atomic mass is 35.5. The van der Waals surface area contributed by atoms with Crippen molar-refractivity contribution in [1.29, 1.82) is 0 Å². The lowest BCUT2D eigenvalue weighted by atomic mass is 10.1.